The smallest absolute Gasteiger partial charge is 0.291 e. The highest BCUT2D eigenvalue weighted by Crippen LogP contribution is 2.28. The van der Waals surface area contributed by atoms with Crippen LogP contribution < -0.4 is 5.32 Å². The van der Waals surface area contributed by atoms with Gasteiger partial charge in [0.1, 0.15) is 12.7 Å². The molecule has 0 fully saturated rings. The lowest BCUT2D eigenvalue weighted by atomic mass is 10.1. The van der Waals surface area contributed by atoms with Crippen LogP contribution in [0.5, 0.6) is 0 Å². The fraction of sp³-hybridized carbons (Fsp3) is 0.190. The molecular weight excluding hydrogens is 437 g/mol. The normalized spacial score (nSPS) is 15.1. The lowest BCUT2D eigenvalue weighted by molar-refractivity contribution is 0.0922. The summed E-state index contributed by atoms with van der Waals surface area (Å²) in [5.74, 6) is 0.367. The van der Waals surface area contributed by atoms with Crippen LogP contribution in [0.2, 0.25) is 10.0 Å². The number of halogens is 2. The van der Waals surface area contributed by atoms with Crippen LogP contribution in [0.4, 0.5) is 0 Å². The molecule has 1 N–H and O–H groups in total. The van der Waals surface area contributed by atoms with Crippen molar-refractivity contribution in [2.45, 2.75) is 25.4 Å². The lowest BCUT2D eigenvalue weighted by Crippen LogP contribution is -2.31. The summed E-state index contributed by atoms with van der Waals surface area (Å²) in [7, 11) is 0. The number of para-hydroxylation sites is 1. The Hall–Kier alpha value is -3.23. The van der Waals surface area contributed by atoms with Gasteiger partial charge >= 0.3 is 0 Å². The fourth-order valence-electron chi connectivity index (χ4n) is 3.73. The highest BCUT2D eigenvalue weighted by molar-refractivity contribution is 6.35. The van der Waals surface area contributed by atoms with Gasteiger partial charge in [-0.15, -0.1) is 15.3 Å². The highest BCUT2D eigenvalue weighted by Gasteiger charge is 2.27. The maximum atomic E-state index is 12.9. The van der Waals surface area contributed by atoms with Gasteiger partial charge in [0.2, 0.25) is 5.82 Å². The molecule has 3 heterocycles. The number of carbonyl (C=O) groups is 1. The summed E-state index contributed by atoms with van der Waals surface area (Å²) < 4.78 is 3.45. The topological polar surface area (TPSA) is 90.5 Å². The third-order valence-corrected chi connectivity index (χ3v) is 5.97. The summed E-state index contributed by atoms with van der Waals surface area (Å²) in [4.78, 5) is 17.0. The zero-order valence-corrected chi connectivity index (χ0v) is 17.8. The monoisotopic (exact) mass is 453 g/mol. The van der Waals surface area contributed by atoms with E-state index in [1.54, 1.807) is 24.5 Å². The predicted molar refractivity (Wildman–Crippen MR) is 115 cm³/mol. The van der Waals surface area contributed by atoms with Crippen molar-refractivity contribution in [3.8, 4) is 5.69 Å². The highest BCUT2D eigenvalue weighted by atomic mass is 35.5. The van der Waals surface area contributed by atoms with Gasteiger partial charge in [0.05, 0.1) is 18.3 Å². The number of nitrogens with one attached hydrogen (secondary N) is 1. The number of fused-ring (bicyclic) bond motifs is 3. The lowest BCUT2D eigenvalue weighted by Gasteiger charge is -2.14. The summed E-state index contributed by atoms with van der Waals surface area (Å²) in [5, 5.41) is 16.7. The van der Waals surface area contributed by atoms with E-state index in [9.17, 15) is 4.79 Å². The third-order valence-electron chi connectivity index (χ3n) is 5.27. The molecule has 156 valence electrons. The van der Waals surface area contributed by atoms with Gasteiger partial charge in [-0.2, -0.15) is 0 Å². The Morgan fingerprint density at radius 3 is 2.74 bits per heavy atom. The minimum Gasteiger partial charge on any atom is -0.339 e. The molecule has 1 atom stereocenters. The van der Waals surface area contributed by atoms with Crippen molar-refractivity contribution in [3.05, 3.63) is 87.9 Å². The molecule has 0 saturated carbocycles. The van der Waals surface area contributed by atoms with Crippen molar-refractivity contribution in [1.82, 2.24) is 34.8 Å². The van der Waals surface area contributed by atoms with Crippen LogP contribution in [0, 0.1) is 0 Å². The maximum Gasteiger partial charge on any atom is 0.291 e. The van der Waals surface area contributed by atoms with Crippen molar-refractivity contribution in [3.63, 3.8) is 0 Å². The van der Waals surface area contributed by atoms with E-state index >= 15 is 0 Å². The zero-order chi connectivity index (χ0) is 21.4. The SMILES string of the molecule is O=C(NC1CCc2ccccc2-n2cnnc21)c1ncn(Cc2c(Cl)cccc2Cl)n1. The van der Waals surface area contributed by atoms with E-state index in [1.807, 2.05) is 22.8 Å². The first-order chi connectivity index (χ1) is 15.1. The Balaban J connectivity index is 1.35. The minimum absolute atomic E-state index is 0.0657. The van der Waals surface area contributed by atoms with E-state index < -0.39 is 0 Å². The second-order valence-corrected chi connectivity index (χ2v) is 8.03. The first kappa shape index (κ1) is 19.7. The van der Waals surface area contributed by atoms with E-state index in [-0.39, 0.29) is 17.8 Å². The van der Waals surface area contributed by atoms with Crippen molar-refractivity contribution in [2.24, 2.45) is 0 Å². The molecule has 1 unspecified atom stereocenters. The van der Waals surface area contributed by atoms with E-state index in [0.29, 0.717) is 28.8 Å². The summed E-state index contributed by atoms with van der Waals surface area (Å²) in [6, 6.07) is 13.1. The van der Waals surface area contributed by atoms with Gasteiger partial charge in [-0.1, -0.05) is 47.5 Å². The Morgan fingerprint density at radius 2 is 1.90 bits per heavy atom. The van der Waals surface area contributed by atoms with Crippen LogP contribution in [0.15, 0.2) is 55.1 Å². The molecule has 31 heavy (non-hydrogen) atoms. The average molecular weight is 454 g/mol. The van der Waals surface area contributed by atoms with Crippen LogP contribution in [0.3, 0.4) is 0 Å². The molecule has 0 aliphatic carbocycles. The molecule has 8 nitrogen and oxygen atoms in total. The molecule has 0 radical (unpaired) electrons. The summed E-state index contributed by atoms with van der Waals surface area (Å²) >= 11 is 12.5. The van der Waals surface area contributed by atoms with Crippen molar-refractivity contribution in [2.75, 3.05) is 0 Å². The van der Waals surface area contributed by atoms with Gasteiger partial charge in [0, 0.05) is 15.6 Å². The minimum atomic E-state index is -0.380. The van der Waals surface area contributed by atoms with Crippen LogP contribution >= 0.6 is 23.2 Å². The third kappa shape index (κ3) is 3.80. The van der Waals surface area contributed by atoms with Crippen LogP contribution in [-0.4, -0.2) is 35.4 Å². The number of amides is 1. The number of rotatable bonds is 4. The molecule has 4 aromatic rings. The number of aryl methyl sites for hydroxylation is 1. The molecule has 1 aliphatic heterocycles. The largest absolute Gasteiger partial charge is 0.339 e. The molecule has 0 bridgehead atoms. The molecule has 2 aromatic carbocycles. The van der Waals surface area contributed by atoms with Crippen LogP contribution in [0.25, 0.3) is 5.69 Å². The van der Waals surface area contributed by atoms with Gasteiger partial charge < -0.3 is 5.32 Å². The number of hydrogen-bond donors (Lipinski definition) is 1. The van der Waals surface area contributed by atoms with Gasteiger partial charge in [0.25, 0.3) is 5.91 Å². The molecule has 1 amide bonds. The molecular formula is C21H17Cl2N7O. The quantitative estimate of drug-likeness (QED) is 0.509. The van der Waals surface area contributed by atoms with Gasteiger partial charge in [-0.25, -0.2) is 9.67 Å². The van der Waals surface area contributed by atoms with Gasteiger partial charge in [0.15, 0.2) is 5.82 Å². The van der Waals surface area contributed by atoms with Crippen molar-refractivity contribution < 1.29 is 4.79 Å². The van der Waals surface area contributed by atoms with Crippen molar-refractivity contribution in [1.29, 1.82) is 0 Å². The molecule has 10 heteroatoms. The number of benzene rings is 2. The summed E-state index contributed by atoms with van der Waals surface area (Å²) in [5.41, 5.74) is 2.93. The Kier molecular flexibility index (Phi) is 5.17. The van der Waals surface area contributed by atoms with Gasteiger partial charge in [-0.05, 0) is 36.6 Å². The predicted octanol–water partition coefficient (Wildman–Crippen LogP) is 3.63. The molecule has 0 spiro atoms. The summed E-state index contributed by atoms with van der Waals surface area (Å²) in [6.07, 6.45) is 4.65. The number of hydrogen-bond acceptors (Lipinski definition) is 5. The maximum absolute atomic E-state index is 12.9. The molecule has 5 rings (SSSR count). The van der Waals surface area contributed by atoms with Crippen LogP contribution in [-0.2, 0) is 13.0 Å². The van der Waals surface area contributed by atoms with E-state index in [0.717, 1.165) is 17.7 Å². The Bertz CT molecular complexity index is 1250. The number of carbonyl (C=O) groups excluding carboxylic acids is 1. The second-order valence-electron chi connectivity index (χ2n) is 7.22. The van der Waals surface area contributed by atoms with E-state index in [4.69, 9.17) is 23.2 Å². The molecule has 2 aromatic heterocycles. The summed E-state index contributed by atoms with van der Waals surface area (Å²) in [6.45, 7) is 0.311. The van der Waals surface area contributed by atoms with E-state index in [1.165, 1.54) is 16.6 Å². The average Bonchev–Trinajstić information content (AvgIpc) is 3.41. The van der Waals surface area contributed by atoms with Crippen LogP contribution in [0.1, 0.15) is 40.0 Å². The fourth-order valence-corrected chi connectivity index (χ4v) is 4.25. The Morgan fingerprint density at radius 1 is 1.10 bits per heavy atom. The van der Waals surface area contributed by atoms with Crippen molar-refractivity contribution >= 4 is 29.1 Å². The second kappa shape index (κ2) is 8.13. The molecule has 1 aliphatic rings. The van der Waals surface area contributed by atoms with Gasteiger partial charge in [-0.3, -0.25) is 9.36 Å². The number of nitrogens with zero attached hydrogens (tertiary/aromatic N) is 6. The molecule has 0 saturated heterocycles. The van der Waals surface area contributed by atoms with E-state index in [2.05, 4.69) is 31.7 Å². The standard InChI is InChI=1S/C21H17Cl2N7O/c22-15-5-3-6-16(23)14(15)10-29-11-24-19(28-29)21(31)26-17-9-8-13-4-1-2-7-18(13)30-12-25-27-20(17)30/h1-7,11-12,17H,8-10H2,(H,26,31). The number of aromatic nitrogens is 6. The Labute approximate surface area is 187 Å². The first-order valence-electron chi connectivity index (χ1n) is 9.71. The zero-order valence-electron chi connectivity index (χ0n) is 16.2. The first-order valence-corrected chi connectivity index (χ1v) is 10.5.